The summed E-state index contributed by atoms with van der Waals surface area (Å²) >= 11 is 0. The van der Waals surface area contributed by atoms with Gasteiger partial charge in [-0.15, -0.1) is 0 Å². The average molecular weight is 475 g/mol. The van der Waals surface area contributed by atoms with Crippen LogP contribution in [-0.2, 0) is 16.0 Å². The third-order valence-corrected chi connectivity index (χ3v) is 8.17. The molecule has 2 atom stereocenters. The Kier molecular flexibility index (Phi) is 6.73. The van der Waals surface area contributed by atoms with Crippen LogP contribution < -0.4 is 0 Å². The zero-order valence-electron chi connectivity index (χ0n) is 21.4. The standard InChI is InChI=1S/C30H38N2O3/c1-5-10-25-27(6-2)34-20-30(16-23(18-35-30)31(3)4)19-32-26-15-21(17-33)13-14-24(26)28(29(25)32)22-11-8-7-9-12-22/h5-6,10,13-15,17,22-23H,2,7-9,11-12,16,18-20H2,1,3-4H3/b10-5-,27-25-. The van der Waals surface area contributed by atoms with Gasteiger partial charge in [0.15, 0.2) is 0 Å². The molecule has 5 rings (SSSR count). The molecule has 2 aliphatic heterocycles. The van der Waals surface area contributed by atoms with Crippen molar-refractivity contribution in [1.82, 2.24) is 9.47 Å². The smallest absolute Gasteiger partial charge is 0.150 e. The number of fused-ring (bicyclic) bond motifs is 3. The zero-order valence-corrected chi connectivity index (χ0v) is 21.4. The predicted octanol–water partition coefficient (Wildman–Crippen LogP) is 6.09. The summed E-state index contributed by atoms with van der Waals surface area (Å²) in [6.07, 6.45) is 14.1. The van der Waals surface area contributed by atoms with Crippen molar-refractivity contribution in [3.63, 3.8) is 0 Å². The number of allylic oxidation sites excluding steroid dienone is 4. The number of likely N-dealkylation sites (N-methyl/N-ethyl adjacent to an activating group) is 1. The molecule has 186 valence electrons. The van der Waals surface area contributed by atoms with Crippen molar-refractivity contribution in [3.05, 3.63) is 65.6 Å². The molecule has 0 bridgehead atoms. The summed E-state index contributed by atoms with van der Waals surface area (Å²) in [5, 5.41) is 1.25. The van der Waals surface area contributed by atoms with Crippen LogP contribution in [0.2, 0.25) is 0 Å². The Bertz CT molecular complexity index is 1180. The van der Waals surface area contributed by atoms with Crippen LogP contribution in [0.3, 0.4) is 0 Å². The summed E-state index contributed by atoms with van der Waals surface area (Å²) in [6.45, 7) is 8.04. The number of nitrogens with zero attached hydrogens (tertiary/aromatic N) is 2. The van der Waals surface area contributed by atoms with E-state index in [9.17, 15) is 4.79 Å². The monoisotopic (exact) mass is 474 g/mol. The molecule has 5 nitrogen and oxygen atoms in total. The molecule has 1 aromatic heterocycles. The van der Waals surface area contributed by atoms with Crippen molar-refractivity contribution >= 4 is 22.8 Å². The topological polar surface area (TPSA) is 43.7 Å². The third-order valence-electron chi connectivity index (χ3n) is 8.17. The van der Waals surface area contributed by atoms with Gasteiger partial charge < -0.3 is 18.9 Å². The second kappa shape index (κ2) is 9.79. The molecule has 1 saturated heterocycles. The highest BCUT2D eigenvalue weighted by molar-refractivity contribution is 5.96. The van der Waals surface area contributed by atoms with Crippen molar-refractivity contribution < 1.29 is 14.3 Å². The molecule has 0 N–H and O–H groups in total. The first-order valence-electron chi connectivity index (χ1n) is 13.0. The van der Waals surface area contributed by atoms with E-state index in [2.05, 4.69) is 54.4 Å². The second-order valence-electron chi connectivity index (χ2n) is 10.7. The van der Waals surface area contributed by atoms with Crippen LogP contribution in [0.15, 0.2) is 48.8 Å². The molecular weight excluding hydrogens is 436 g/mol. The van der Waals surface area contributed by atoms with E-state index in [4.69, 9.17) is 9.47 Å². The fraction of sp³-hybridized carbons (Fsp3) is 0.500. The highest BCUT2D eigenvalue weighted by atomic mass is 16.5. The first kappa shape index (κ1) is 24.1. The quantitative estimate of drug-likeness (QED) is 0.492. The van der Waals surface area contributed by atoms with Crippen LogP contribution in [0, 0.1) is 0 Å². The Morgan fingerprint density at radius 2 is 2.00 bits per heavy atom. The zero-order chi connectivity index (χ0) is 24.6. The SMILES string of the molecule is C=C/C1=C(\C=C/C)c2c(C3CCCCC3)c3ccc(C=O)cc3n2CC2(CO1)CC(N(C)C)CO2. The van der Waals surface area contributed by atoms with Gasteiger partial charge >= 0.3 is 0 Å². The van der Waals surface area contributed by atoms with E-state index < -0.39 is 5.60 Å². The minimum absolute atomic E-state index is 0.345. The minimum atomic E-state index is -0.438. The fourth-order valence-electron chi connectivity index (χ4n) is 6.32. The highest BCUT2D eigenvalue weighted by Crippen LogP contribution is 2.46. The maximum Gasteiger partial charge on any atom is 0.150 e. The number of benzene rings is 1. The number of hydrogen-bond donors (Lipinski definition) is 0. The number of ether oxygens (including phenoxy) is 2. The van der Waals surface area contributed by atoms with Gasteiger partial charge in [-0.3, -0.25) is 4.79 Å². The summed E-state index contributed by atoms with van der Waals surface area (Å²) in [4.78, 5) is 14.0. The normalized spacial score (nSPS) is 27.8. The number of carbonyl (C=O) groups is 1. The Labute approximate surface area is 209 Å². The molecule has 3 heterocycles. The first-order valence-corrected chi connectivity index (χ1v) is 13.0. The summed E-state index contributed by atoms with van der Waals surface area (Å²) in [5.74, 6) is 1.29. The Hall–Kier alpha value is -2.63. The lowest BCUT2D eigenvalue weighted by Crippen LogP contribution is -2.41. The van der Waals surface area contributed by atoms with E-state index in [-0.39, 0.29) is 0 Å². The third kappa shape index (κ3) is 4.30. The van der Waals surface area contributed by atoms with Crippen LogP contribution in [-0.4, -0.2) is 54.7 Å². The molecule has 3 aliphatic rings. The predicted molar refractivity (Wildman–Crippen MR) is 142 cm³/mol. The molecule has 1 aromatic carbocycles. The van der Waals surface area contributed by atoms with Gasteiger partial charge in [-0.25, -0.2) is 0 Å². The number of aldehydes is 1. The van der Waals surface area contributed by atoms with Gasteiger partial charge in [0.2, 0.25) is 0 Å². The minimum Gasteiger partial charge on any atom is -0.490 e. The summed E-state index contributed by atoms with van der Waals surface area (Å²) < 4.78 is 15.5. The molecule has 1 aliphatic carbocycles. The van der Waals surface area contributed by atoms with Crippen LogP contribution in [0.4, 0.5) is 0 Å². The van der Waals surface area contributed by atoms with Crippen molar-refractivity contribution in [3.8, 4) is 0 Å². The Balaban J connectivity index is 1.80. The lowest BCUT2D eigenvalue weighted by Gasteiger charge is -2.34. The average Bonchev–Trinajstić information content (AvgIpc) is 3.43. The largest absolute Gasteiger partial charge is 0.490 e. The molecule has 2 fully saturated rings. The molecule has 2 unspecified atom stereocenters. The molecule has 2 aromatic rings. The maximum absolute atomic E-state index is 11.8. The molecule has 0 radical (unpaired) electrons. The van der Waals surface area contributed by atoms with Crippen molar-refractivity contribution in [2.24, 2.45) is 0 Å². The first-order chi connectivity index (χ1) is 17.0. The second-order valence-corrected chi connectivity index (χ2v) is 10.7. The van der Waals surface area contributed by atoms with Gasteiger partial charge in [0.05, 0.1) is 18.8 Å². The van der Waals surface area contributed by atoms with Gasteiger partial charge in [0.25, 0.3) is 0 Å². The molecular formula is C30H38N2O3. The number of rotatable bonds is 5. The van der Waals surface area contributed by atoms with Crippen molar-refractivity contribution in [2.75, 3.05) is 27.3 Å². The Morgan fingerprint density at radius 3 is 2.66 bits per heavy atom. The van der Waals surface area contributed by atoms with E-state index in [1.54, 1.807) is 0 Å². The van der Waals surface area contributed by atoms with Crippen LogP contribution in [0.1, 0.15) is 73.0 Å². The number of aromatic nitrogens is 1. The van der Waals surface area contributed by atoms with Gasteiger partial charge in [0.1, 0.15) is 24.3 Å². The molecule has 0 amide bonds. The van der Waals surface area contributed by atoms with Crippen LogP contribution in [0.25, 0.3) is 16.5 Å². The van der Waals surface area contributed by atoms with E-state index in [0.29, 0.717) is 37.3 Å². The van der Waals surface area contributed by atoms with Gasteiger partial charge in [-0.1, -0.05) is 50.1 Å². The summed E-state index contributed by atoms with van der Waals surface area (Å²) in [6, 6.07) is 6.53. The lowest BCUT2D eigenvalue weighted by molar-refractivity contribution is -0.0576. The van der Waals surface area contributed by atoms with Gasteiger partial charge in [0, 0.05) is 28.1 Å². The maximum atomic E-state index is 11.8. The summed E-state index contributed by atoms with van der Waals surface area (Å²) in [7, 11) is 4.23. The van der Waals surface area contributed by atoms with Crippen LogP contribution in [0.5, 0.6) is 0 Å². The molecule has 1 saturated carbocycles. The van der Waals surface area contributed by atoms with Gasteiger partial charge in [-0.2, -0.15) is 0 Å². The van der Waals surface area contributed by atoms with Gasteiger partial charge in [-0.05, 0) is 63.9 Å². The number of carbonyl (C=O) groups excluding carboxylic acids is 1. The molecule has 5 heteroatoms. The summed E-state index contributed by atoms with van der Waals surface area (Å²) in [5.41, 5.74) is 5.07. The van der Waals surface area contributed by atoms with E-state index in [1.165, 1.54) is 48.7 Å². The van der Waals surface area contributed by atoms with Crippen molar-refractivity contribution in [1.29, 1.82) is 0 Å². The Morgan fingerprint density at radius 1 is 1.20 bits per heavy atom. The van der Waals surface area contributed by atoms with Crippen LogP contribution >= 0.6 is 0 Å². The van der Waals surface area contributed by atoms with E-state index in [0.717, 1.165) is 29.6 Å². The van der Waals surface area contributed by atoms with E-state index in [1.807, 2.05) is 19.1 Å². The molecule has 1 spiro atoms. The lowest BCUT2D eigenvalue weighted by atomic mass is 9.81. The molecule has 35 heavy (non-hydrogen) atoms. The number of hydrogen-bond acceptors (Lipinski definition) is 4. The highest BCUT2D eigenvalue weighted by Gasteiger charge is 2.45. The fourth-order valence-corrected chi connectivity index (χ4v) is 6.32. The van der Waals surface area contributed by atoms with Crippen molar-refractivity contribution in [2.45, 2.75) is 69.6 Å². The van der Waals surface area contributed by atoms with E-state index >= 15 is 0 Å².